The highest BCUT2D eigenvalue weighted by atomic mass is 35.5. The summed E-state index contributed by atoms with van der Waals surface area (Å²) >= 11 is 6.10. The number of carbonyl (C=O) groups is 2. The number of carbonyl (C=O) groups excluding carboxylic acids is 2. The number of carboxylic acid groups (broad SMARTS) is 1. The van der Waals surface area contributed by atoms with Gasteiger partial charge in [-0.1, -0.05) is 42.8 Å². The molecule has 142 valence electrons. The van der Waals surface area contributed by atoms with Crippen LogP contribution >= 0.6 is 11.6 Å². The van der Waals surface area contributed by atoms with Gasteiger partial charge in [0, 0.05) is 5.02 Å². The number of carboxylic acids is 1. The van der Waals surface area contributed by atoms with Crippen LogP contribution < -0.4 is 15.2 Å². The van der Waals surface area contributed by atoms with E-state index in [9.17, 15) is 14.7 Å². The van der Waals surface area contributed by atoms with E-state index in [1.165, 1.54) is 6.08 Å². The topological polar surface area (TPSA) is 78.5 Å². The number of hydrogen-bond donors (Lipinski definition) is 1. The zero-order valence-electron chi connectivity index (χ0n) is 15.5. The van der Waals surface area contributed by atoms with Crippen molar-refractivity contribution in [2.24, 2.45) is 0 Å². The number of ether oxygens (including phenoxy) is 1. The van der Waals surface area contributed by atoms with Crippen LogP contribution in [0, 0.1) is 13.8 Å². The standard InChI is InChI=1S/C21H22ClNO4/c1-4-15-5-7-16(8-6-15)11-18(21(25)26)23-19(24)12-27-17-9-13(2)20(22)14(3)10-17/h5-11H,4,12H2,1-3H3,(H,23,24)(H,25,26)/p-1/b18-11+. The minimum Gasteiger partial charge on any atom is -0.543 e. The fourth-order valence-electron chi connectivity index (χ4n) is 2.49. The molecular weight excluding hydrogens is 366 g/mol. The second-order valence-electron chi connectivity index (χ2n) is 6.15. The number of rotatable bonds is 7. The van der Waals surface area contributed by atoms with Crippen LogP contribution in [-0.2, 0) is 16.0 Å². The zero-order valence-corrected chi connectivity index (χ0v) is 16.2. The lowest BCUT2D eigenvalue weighted by Gasteiger charge is -2.13. The van der Waals surface area contributed by atoms with Crippen molar-refractivity contribution < 1.29 is 19.4 Å². The molecule has 0 saturated carbocycles. The predicted octanol–water partition coefficient (Wildman–Crippen LogP) is 2.81. The molecule has 2 rings (SSSR count). The highest BCUT2D eigenvalue weighted by molar-refractivity contribution is 6.32. The highest BCUT2D eigenvalue weighted by Crippen LogP contribution is 2.25. The normalized spacial score (nSPS) is 11.2. The molecule has 1 N–H and O–H groups in total. The molecule has 6 heteroatoms. The van der Waals surface area contributed by atoms with Crippen molar-refractivity contribution in [2.45, 2.75) is 27.2 Å². The number of amides is 1. The molecule has 0 aliphatic rings. The van der Waals surface area contributed by atoms with Crippen LogP contribution in [0.2, 0.25) is 5.02 Å². The molecule has 0 radical (unpaired) electrons. The summed E-state index contributed by atoms with van der Waals surface area (Å²) in [5.74, 6) is -1.58. The van der Waals surface area contributed by atoms with E-state index in [-0.39, 0.29) is 12.3 Å². The summed E-state index contributed by atoms with van der Waals surface area (Å²) in [5.41, 5.74) is 3.12. The molecule has 2 aromatic carbocycles. The lowest BCUT2D eigenvalue weighted by atomic mass is 10.1. The van der Waals surface area contributed by atoms with Crippen molar-refractivity contribution in [3.8, 4) is 5.75 Å². The molecule has 0 saturated heterocycles. The zero-order chi connectivity index (χ0) is 20.0. The van der Waals surface area contributed by atoms with Gasteiger partial charge in [-0.3, -0.25) is 4.79 Å². The summed E-state index contributed by atoms with van der Waals surface area (Å²) in [6, 6.07) is 10.8. The average molecular weight is 387 g/mol. The van der Waals surface area contributed by atoms with Crippen molar-refractivity contribution in [1.29, 1.82) is 0 Å². The second-order valence-corrected chi connectivity index (χ2v) is 6.53. The Morgan fingerprint density at radius 1 is 1.15 bits per heavy atom. The van der Waals surface area contributed by atoms with E-state index in [1.54, 1.807) is 24.3 Å². The van der Waals surface area contributed by atoms with Crippen molar-refractivity contribution >= 4 is 29.6 Å². The first-order valence-corrected chi connectivity index (χ1v) is 8.89. The van der Waals surface area contributed by atoms with Crippen molar-refractivity contribution in [2.75, 3.05) is 6.61 Å². The Bertz CT molecular complexity index is 849. The molecular formula is C21H21ClNO4-. The Kier molecular flexibility index (Phi) is 7.02. The van der Waals surface area contributed by atoms with Gasteiger partial charge in [0.1, 0.15) is 5.75 Å². The van der Waals surface area contributed by atoms with Crippen LogP contribution in [0.15, 0.2) is 42.1 Å². The molecule has 0 unspecified atom stereocenters. The molecule has 1 amide bonds. The van der Waals surface area contributed by atoms with Crippen molar-refractivity contribution in [3.63, 3.8) is 0 Å². The molecule has 0 fully saturated rings. The number of nitrogens with one attached hydrogen (secondary N) is 1. The third kappa shape index (κ3) is 5.86. The van der Waals surface area contributed by atoms with Gasteiger partial charge in [-0.15, -0.1) is 0 Å². The third-order valence-electron chi connectivity index (χ3n) is 3.97. The summed E-state index contributed by atoms with van der Waals surface area (Å²) in [7, 11) is 0. The first-order valence-electron chi connectivity index (χ1n) is 8.51. The molecule has 0 spiro atoms. The largest absolute Gasteiger partial charge is 0.543 e. The summed E-state index contributed by atoms with van der Waals surface area (Å²) in [4.78, 5) is 23.4. The van der Waals surface area contributed by atoms with Gasteiger partial charge in [0.15, 0.2) is 6.61 Å². The maximum absolute atomic E-state index is 12.1. The number of hydrogen-bond acceptors (Lipinski definition) is 4. The molecule has 0 aromatic heterocycles. The maximum atomic E-state index is 12.1. The van der Waals surface area contributed by atoms with E-state index in [0.29, 0.717) is 16.3 Å². The molecule has 0 aliphatic heterocycles. The molecule has 0 aliphatic carbocycles. The number of halogens is 1. The second kappa shape index (κ2) is 9.24. The summed E-state index contributed by atoms with van der Waals surface area (Å²) in [6.07, 6.45) is 2.23. The van der Waals surface area contributed by atoms with Gasteiger partial charge in [-0.2, -0.15) is 0 Å². The maximum Gasteiger partial charge on any atom is 0.262 e. The van der Waals surface area contributed by atoms with Gasteiger partial charge in [0.2, 0.25) is 0 Å². The number of benzene rings is 2. The third-order valence-corrected chi connectivity index (χ3v) is 4.57. The lowest BCUT2D eigenvalue weighted by molar-refractivity contribution is -0.299. The van der Waals surface area contributed by atoms with E-state index in [2.05, 4.69) is 5.32 Å². The quantitative estimate of drug-likeness (QED) is 0.742. The monoisotopic (exact) mass is 386 g/mol. The molecule has 0 bridgehead atoms. The summed E-state index contributed by atoms with van der Waals surface area (Å²) in [6.45, 7) is 5.37. The molecule has 0 heterocycles. The fourth-order valence-corrected chi connectivity index (χ4v) is 2.60. The van der Waals surface area contributed by atoms with Crippen LogP contribution in [0.3, 0.4) is 0 Å². The number of aliphatic carboxylic acids is 1. The van der Waals surface area contributed by atoms with Gasteiger partial charge < -0.3 is 20.0 Å². The Hall–Kier alpha value is -2.79. The van der Waals surface area contributed by atoms with Gasteiger partial charge in [0.25, 0.3) is 5.91 Å². The molecule has 2 aromatic rings. The van der Waals surface area contributed by atoms with Crippen LogP contribution in [0.25, 0.3) is 6.08 Å². The molecule has 0 atom stereocenters. The Morgan fingerprint density at radius 2 is 1.74 bits per heavy atom. The van der Waals surface area contributed by atoms with Gasteiger partial charge >= 0.3 is 0 Å². The van der Waals surface area contributed by atoms with Gasteiger partial charge in [-0.25, -0.2) is 0 Å². The van der Waals surface area contributed by atoms with Gasteiger partial charge in [0.05, 0.1) is 11.7 Å². The highest BCUT2D eigenvalue weighted by Gasteiger charge is 2.09. The van der Waals surface area contributed by atoms with E-state index >= 15 is 0 Å². The summed E-state index contributed by atoms with van der Waals surface area (Å²) in [5, 5.41) is 14.3. The van der Waals surface area contributed by atoms with E-state index in [4.69, 9.17) is 16.3 Å². The molecule has 5 nitrogen and oxygen atoms in total. The lowest BCUT2D eigenvalue weighted by Crippen LogP contribution is -2.37. The van der Waals surface area contributed by atoms with Crippen LogP contribution in [0.5, 0.6) is 5.75 Å². The first kappa shape index (κ1) is 20.5. The van der Waals surface area contributed by atoms with Crippen LogP contribution in [0.1, 0.15) is 29.2 Å². The summed E-state index contributed by atoms with van der Waals surface area (Å²) < 4.78 is 5.43. The first-order chi connectivity index (χ1) is 12.8. The minimum absolute atomic E-state index is 0.323. The van der Waals surface area contributed by atoms with Crippen molar-refractivity contribution in [1.82, 2.24) is 5.32 Å². The Balaban J connectivity index is 2.04. The van der Waals surface area contributed by atoms with Crippen LogP contribution in [-0.4, -0.2) is 18.5 Å². The van der Waals surface area contributed by atoms with Crippen molar-refractivity contribution in [3.05, 3.63) is 69.4 Å². The van der Waals surface area contributed by atoms with E-state index in [0.717, 1.165) is 23.1 Å². The van der Waals surface area contributed by atoms with E-state index in [1.807, 2.05) is 32.9 Å². The Morgan fingerprint density at radius 3 is 2.26 bits per heavy atom. The Labute approximate surface area is 163 Å². The smallest absolute Gasteiger partial charge is 0.262 e. The molecule has 27 heavy (non-hydrogen) atoms. The average Bonchev–Trinajstić information content (AvgIpc) is 2.64. The fraction of sp³-hybridized carbons (Fsp3) is 0.238. The SMILES string of the molecule is CCc1ccc(/C=C(/NC(=O)COc2cc(C)c(Cl)c(C)c2)C(=O)[O-])cc1. The van der Waals surface area contributed by atoms with Gasteiger partial charge in [-0.05, 0) is 60.7 Å². The van der Waals surface area contributed by atoms with E-state index < -0.39 is 11.9 Å². The minimum atomic E-state index is -1.47. The number of aryl methyl sites for hydroxylation is 3. The predicted molar refractivity (Wildman–Crippen MR) is 103 cm³/mol. The van der Waals surface area contributed by atoms with Crippen LogP contribution in [0.4, 0.5) is 0 Å².